The summed E-state index contributed by atoms with van der Waals surface area (Å²) in [6.07, 6.45) is 1.86. The quantitative estimate of drug-likeness (QED) is 0.773. The predicted molar refractivity (Wildman–Crippen MR) is 105 cm³/mol. The molecule has 4 rings (SSSR count). The van der Waals surface area contributed by atoms with E-state index in [2.05, 4.69) is 39.5 Å². The van der Waals surface area contributed by atoms with Crippen LogP contribution in [-0.4, -0.2) is 36.3 Å². The zero-order chi connectivity index (χ0) is 17.8. The molecule has 5 heteroatoms. The fraction of sp³-hybridized carbons (Fsp3) is 0.238. The van der Waals surface area contributed by atoms with E-state index in [-0.39, 0.29) is 0 Å². The lowest BCUT2D eigenvalue weighted by molar-refractivity contribution is 0.122. The van der Waals surface area contributed by atoms with E-state index in [1.807, 2.05) is 43.5 Å². The van der Waals surface area contributed by atoms with Gasteiger partial charge >= 0.3 is 0 Å². The smallest absolute Gasteiger partial charge is 0.161 e. The van der Waals surface area contributed by atoms with Crippen LogP contribution in [0, 0.1) is 6.92 Å². The molecule has 0 aliphatic carbocycles. The van der Waals surface area contributed by atoms with E-state index >= 15 is 0 Å². The third-order valence-electron chi connectivity index (χ3n) is 4.51. The van der Waals surface area contributed by atoms with Crippen molar-refractivity contribution in [3.05, 3.63) is 66.4 Å². The molecule has 0 atom stereocenters. The van der Waals surface area contributed by atoms with Crippen molar-refractivity contribution in [2.75, 3.05) is 36.5 Å². The fourth-order valence-electron chi connectivity index (χ4n) is 3.01. The van der Waals surface area contributed by atoms with Crippen molar-refractivity contribution in [2.24, 2.45) is 0 Å². The van der Waals surface area contributed by atoms with Crippen LogP contribution in [-0.2, 0) is 4.74 Å². The van der Waals surface area contributed by atoms with Crippen LogP contribution >= 0.6 is 0 Å². The van der Waals surface area contributed by atoms with E-state index in [4.69, 9.17) is 9.72 Å². The topological polar surface area (TPSA) is 50.3 Å². The lowest BCUT2D eigenvalue weighted by Gasteiger charge is -2.28. The van der Waals surface area contributed by atoms with Gasteiger partial charge in [-0.25, -0.2) is 9.97 Å². The number of morpholine rings is 1. The van der Waals surface area contributed by atoms with Crippen molar-refractivity contribution in [3.8, 4) is 11.4 Å². The van der Waals surface area contributed by atoms with Crippen molar-refractivity contribution >= 4 is 17.2 Å². The Balaban J connectivity index is 1.53. The molecule has 0 bridgehead atoms. The molecule has 1 aromatic heterocycles. The first-order valence-corrected chi connectivity index (χ1v) is 8.88. The average Bonchev–Trinajstić information content (AvgIpc) is 2.71. The molecule has 0 radical (unpaired) electrons. The zero-order valence-electron chi connectivity index (χ0n) is 14.9. The van der Waals surface area contributed by atoms with Crippen LogP contribution in [0.5, 0.6) is 0 Å². The Morgan fingerprint density at radius 3 is 2.42 bits per heavy atom. The third-order valence-corrected chi connectivity index (χ3v) is 4.51. The largest absolute Gasteiger partial charge is 0.378 e. The number of ether oxygens (including phenoxy) is 1. The first-order chi connectivity index (χ1) is 12.8. The molecular weight excluding hydrogens is 324 g/mol. The molecule has 0 amide bonds. The van der Waals surface area contributed by atoms with Gasteiger partial charge in [0.15, 0.2) is 5.82 Å². The number of anilines is 3. The van der Waals surface area contributed by atoms with Crippen molar-refractivity contribution in [1.82, 2.24) is 9.97 Å². The zero-order valence-corrected chi connectivity index (χ0v) is 14.9. The van der Waals surface area contributed by atoms with Crippen LogP contribution in [0.15, 0.2) is 60.8 Å². The maximum Gasteiger partial charge on any atom is 0.161 e. The minimum absolute atomic E-state index is 0.726. The summed E-state index contributed by atoms with van der Waals surface area (Å²) in [5.74, 6) is 1.56. The Morgan fingerprint density at radius 1 is 0.962 bits per heavy atom. The Morgan fingerprint density at radius 2 is 1.69 bits per heavy atom. The summed E-state index contributed by atoms with van der Waals surface area (Å²) < 4.78 is 5.42. The van der Waals surface area contributed by atoms with Gasteiger partial charge < -0.3 is 15.0 Å². The van der Waals surface area contributed by atoms with Gasteiger partial charge in [0.2, 0.25) is 0 Å². The molecule has 2 heterocycles. The number of aromatic nitrogens is 2. The highest BCUT2D eigenvalue weighted by molar-refractivity contribution is 5.65. The molecule has 1 N–H and O–H groups in total. The SMILES string of the molecule is Cc1cnc(-c2ccccc2)nc1Nc1ccc(N2CCOCC2)cc1. The molecule has 132 valence electrons. The number of hydrogen-bond acceptors (Lipinski definition) is 5. The molecule has 3 aromatic rings. The van der Waals surface area contributed by atoms with E-state index in [1.54, 1.807) is 0 Å². The summed E-state index contributed by atoms with van der Waals surface area (Å²) in [6.45, 7) is 5.49. The maximum atomic E-state index is 5.42. The standard InChI is InChI=1S/C21H22N4O/c1-16-15-22-21(17-5-3-2-4-6-17)24-20(16)23-18-7-9-19(10-8-18)25-11-13-26-14-12-25/h2-10,15H,11-14H2,1H3,(H,22,23,24). The Labute approximate surface area is 153 Å². The molecule has 0 saturated carbocycles. The van der Waals surface area contributed by atoms with E-state index in [9.17, 15) is 0 Å². The van der Waals surface area contributed by atoms with E-state index in [0.717, 1.165) is 54.8 Å². The highest BCUT2D eigenvalue weighted by Gasteiger charge is 2.11. The lowest BCUT2D eigenvalue weighted by Crippen LogP contribution is -2.36. The van der Waals surface area contributed by atoms with Crippen LogP contribution in [0.2, 0.25) is 0 Å². The number of rotatable bonds is 4. The highest BCUT2D eigenvalue weighted by Crippen LogP contribution is 2.24. The molecular formula is C21H22N4O. The molecule has 1 fully saturated rings. The predicted octanol–water partition coefficient (Wildman–Crippen LogP) is 4.03. The van der Waals surface area contributed by atoms with Crippen LogP contribution in [0.4, 0.5) is 17.2 Å². The Kier molecular flexibility index (Phi) is 4.80. The van der Waals surface area contributed by atoms with Gasteiger partial charge in [-0.05, 0) is 31.2 Å². The second kappa shape index (κ2) is 7.54. The number of hydrogen-bond donors (Lipinski definition) is 1. The third kappa shape index (κ3) is 3.68. The minimum atomic E-state index is 0.726. The normalized spacial score (nSPS) is 14.3. The van der Waals surface area contributed by atoms with Crippen molar-refractivity contribution in [1.29, 1.82) is 0 Å². The summed E-state index contributed by atoms with van der Waals surface area (Å²) in [5.41, 5.74) is 4.27. The van der Waals surface area contributed by atoms with Gasteiger partial charge in [-0.1, -0.05) is 30.3 Å². The Hall–Kier alpha value is -2.92. The van der Waals surface area contributed by atoms with Gasteiger partial charge in [0, 0.05) is 41.8 Å². The van der Waals surface area contributed by atoms with E-state index < -0.39 is 0 Å². The first-order valence-electron chi connectivity index (χ1n) is 8.88. The van der Waals surface area contributed by atoms with Crippen LogP contribution in [0.1, 0.15) is 5.56 Å². The molecule has 0 spiro atoms. The Bertz CT molecular complexity index is 859. The van der Waals surface area contributed by atoms with Crippen molar-refractivity contribution in [3.63, 3.8) is 0 Å². The van der Waals surface area contributed by atoms with Gasteiger partial charge in [0.1, 0.15) is 5.82 Å². The molecule has 1 aliphatic heterocycles. The van der Waals surface area contributed by atoms with Gasteiger partial charge in [-0.15, -0.1) is 0 Å². The van der Waals surface area contributed by atoms with Crippen molar-refractivity contribution < 1.29 is 4.74 Å². The summed E-state index contributed by atoms with van der Waals surface area (Å²) >= 11 is 0. The summed E-state index contributed by atoms with van der Waals surface area (Å²) in [6, 6.07) is 18.5. The molecule has 5 nitrogen and oxygen atoms in total. The molecule has 0 unspecified atom stereocenters. The second-order valence-electron chi connectivity index (χ2n) is 6.36. The van der Waals surface area contributed by atoms with Crippen molar-refractivity contribution in [2.45, 2.75) is 6.92 Å². The number of aryl methyl sites for hydroxylation is 1. The molecule has 2 aromatic carbocycles. The van der Waals surface area contributed by atoms with Gasteiger partial charge in [0.05, 0.1) is 13.2 Å². The summed E-state index contributed by atoms with van der Waals surface area (Å²) in [7, 11) is 0. The highest BCUT2D eigenvalue weighted by atomic mass is 16.5. The van der Waals surface area contributed by atoms with E-state index in [1.165, 1.54) is 5.69 Å². The van der Waals surface area contributed by atoms with E-state index in [0.29, 0.717) is 0 Å². The molecule has 1 saturated heterocycles. The lowest BCUT2D eigenvalue weighted by atomic mass is 10.2. The number of nitrogens with zero attached hydrogens (tertiary/aromatic N) is 3. The number of benzene rings is 2. The average molecular weight is 346 g/mol. The summed E-state index contributed by atoms with van der Waals surface area (Å²) in [4.78, 5) is 11.5. The fourth-order valence-corrected chi connectivity index (χ4v) is 3.01. The van der Waals surface area contributed by atoms with Crippen LogP contribution in [0.25, 0.3) is 11.4 Å². The maximum absolute atomic E-state index is 5.42. The molecule has 26 heavy (non-hydrogen) atoms. The first kappa shape index (κ1) is 16.5. The number of nitrogens with one attached hydrogen (secondary N) is 1. The summed E-state index contributed by atoms with van der Waals surface area (Å²) in [5, 5.41) is 3.42. The monoisotopic (exact) mass is 346 g/mol. The van der Waals surface area contributed by atoms with Crippen LogP contribution < -0.4 is 10.2 Å². The van der Waals surface area contributed by atoms with Gasteiger partial charge in [0.25, 0.3) is 0 Å². The van der Waals surface area contributed by atoms with Gasteiger partial charge in [-0.2, -0.15) is 0 Å². The minimum Gasteiger partial charge on any atom is -0.378 e. The van der Waals surface area contributed by atoms with Gasteiger partial charge in [-0.3, -0.25) is 0 Å². The second-order valence-corrected chi connectivity index (χ2v) is 6.36. The van der Waals surface area contributed by atoms with Crippen LogP contribution in [0.3, 0.4) is 0 Å². The molecule has 1 aliphatic rings.